The number of hydrazone groups is 1. The molecule has 3 aliphatic rings. The van der Waals surface area contributed by atoms with Gasteiger partial charge in [-0.1, -0.05) is 54.1 Å². The number of hydrogen-bond donors (Lipinski definition) is 1. The van der Waals surface area contributed by atoms with Gasteiger partial charge in [-0.3, -0.25) is 14.4 Å². The fourth-order valence-corrected chi connectivity index (χ4v) is 5.65. The van der Waals surface area contributed by atoms with Crippen molar-refractivity contribution in [3.63, 3.8) is 0 Å². The summed E-state index contributed by atoms with van der Waals surface area (Å²) in [4.78, 5) is 38.5. The highest BCUT2D eigenvalue weighted by molar-refractivity contribution is 6.30. The normalized spacial score (nSPS) is 24.2. The molecule has 7 nitrogen and oxygen atoms in total. The van der Waals surface area contributed by atoms with Crippen molar-refractivity contribution < 1.29 is 19.1 Å². The van der Waals surface area contributed by atoms with Gasteiger partial charge in [0.1, 0.15) is 5.75 Å². The summed E-state index contributed by atoms with van der Waals surface area (Å²) in [5.41, 5.74) is 1.19. The number of halogens is 1. The molecular formula is C28H22ClN3O4. The maximum Gasteiger partial charge on any atom is 0.262 e. The van der Waals surface area contributed by atoms with Gasteiger partial charge < -0.3 is 10.1 Å². The number of amides is 3. The van der Waals surface area contributed by atoms with Crippen LogP contribution in [0, 0.1) is 23.7 Å². The molecule has 1 heterocycles. The Labute approximate surface area is 212 Å². The topological polar surface area (TPSA) is 88.1 Å². The van der Waals surface area contributed by atoms with Gasteiger partial charge in [-0.15, -0.1) is 0 Å². The summed E-state index contributed by atoms with van der Waals surface area (Å²) in [6, 6.07) is 18.1. The fraction of sp³-hybridized carbons (Fsp3) is 0.214. The predicted molar refractivity (Wildman–Crippen MR) is 137 cm³/mol. The molecule has 2 bridgehead atoms. The standard InChI is InChI=1S/C28H22ClN3O4/c29-19-8-10-20(11-9-19)31-24(33)15-36-23-12-7-16-3-1-2-4-21(16)22(23)14-30-32-27(34)25-17-5-6-18(13-17)26(25)28(32)35/h1-12,14,17-18,25-26H,13,15H2,(H,31,33)/t17-,18-,25-,26+/m0/s1. The third-order valence-corrected chi connectivity index (χ3v) is 7.42. The minimum atomic E-state index is -0.339. The van der Waals surface area contributed by atoms with Crippen molar-refractivity contribution in [2.75, 3.05) is 11.9 Å². The molecule has 1 saturated heterocycles. The zero-order valence-electron chi connectivity index (χ0n) is 19.1. The number of rotatable bonds is 6. The van der Waals surface area contributed by atoms with Crippen LogP contribution in [0.3, 0.4) is 0 Å². The van der Waals surface area contributed by atoms with E-state index < -0.39 is 0 Å². The van der Waals surface area contributed by atoms with Crippen LogP contribution in [0.25, 0.3) is 10.8 Å². The van der Waals surface area contributed by atoms with E-state index >= 15 is 0 Å². The third kappa shape index (κ3) is 3.85. The summed E-state index contributed by atoms with van der Waals surface area (Å²) in [5.74, 6) is -0.807. The van der Waals surface area contributed by atoms with Gasteiger partial charge in [0.15, 0.2) is 6.61 Å². The maximum absolute atomic E-state index is 13.0. The van der Waals surface area contributed by atoms with E-state index in [0.717, 1.165) is 22.2 Å². The molecule has 3 aromatic rings. The van der Waals surface area contributed by atoms with Crippen molar-refractivity contribution in [1.82, 2.24) is 5.01 Å². The molecule has 2 fully saturated rings. The number of carbonyl (C=O) groups is 3. The van der Waals surface area contributed by atoms with Crippen LogP contribution in [0.2, 0.25) is 5.02 Å². The zero-order valence-corrected chi connectivity index (χ0v) is 19.9. The van der Waals surface area contributed by atoms with Gasteiger partial charge in [-0.25, -0.2) is 0 Å². The van der Waals surface area contributed by atoms with Crippen LogP contribution in [-0.2, 0) is 14.4 Å². The molecule has 3 amide bonds. The Morgan fingerprint density at radius 3 is 2.42 bits per heavy atom. The molecule has 0 spiro atoms. The largest absolute Gasteiger partial charge is 0.483 e. The van der Waals surface area contributed by atoms with E-state index in [9.17, 15) is 14.4 Å². The molecule has 6 rings (SSSR count). The number of allylic oxidation sites excluding steroid dienone is 2. The highest BCUT2D eigenvalue weighted by Gasteiger charge is 2.59. The summed E-state index contributed by atoms with van der Waals surface area (Å²) in [5, 5.41) is 10.5. The third-order valence-electron chi connectivity index (χ3n) is 7.17. The van der Waals surface area contributed by atoms with Crippen molar-refractivity contribution in [1.29, 1.82) is 0 Å². The van der Waals surface area contributed by atoms with Gasteiger partial charge in [-0.05, 0) is 59.4 Å². The summed E-state index contributed by atoms with van der Waals surface area (Å²) >= 11 is 5.90. The van der Waals surface area contributed by atoms with Gasteiger partial charge in [0, 0.05) is 16.3 Å². The van der Waals surface area contributed by atoms with Crippen molar-refractivity contribution in [2.45, 2.75) is 6.42 Å². The summed E-state index contributed by atoms with van der Waals surface area (Å²) in [7, 11) is 0. The molecule has 0 aromatic heterocycles. The van der Waals surface area contributed by atoms with Crippen LogP contribution < -0.4 is 10.1 Å². The fourth-order valence-electron chi connectivity index (χ4n) is 5.52. The first kappa shape index (κ1) is 22.5. The average molecular weight is 500 g/mol. The zero-order chi connectivity index (χ0) is 24.8. The van der Waals surface area contributed by atoms with Crippen molar-refractivity contribution >= 4 is 52.0 Å². The first-order chi connectivity index (χ1) is 17.5. The molecule has 180 valence electrons. The van der Waals surface area contributed by atoms with E-state index in [1.807, 2.05) is 30.3 Å². The van der Waals surface area contributed by atoms with Crippen LogP contribution >= 0.6 is 11.6 Å². The van der Waals surface area contributed by atoms with Crippen LogP contribution in [0.15, 0.2) is 77.9 Å². The lowest BCUT2D eigenvalue weighted by Crippen LogP contribution is -2.28. The van der Waals surface area contributed by atoms with Gasteiger partial charge in [0.2, 0.25) is 0 Å². The summed E-state index contributed by atoms with van der Waals surface area (Å²) in [6.45, 7) is -0.234. The Morgan fingerprint density at radius 2 is 1.69 bits per heavy atom. The van der Waals surface area contributed by atoms with Crippen molar-refractivity contribution in [3.05, 3.63) is 83.4 Å². The Balaban J connectivity index is 1.24. The average Bonchev–Trinajstić information content (AvgIpc) is 3.57. The smallest absolute Gasteiger partial charge is 0.262 e. The molecule has 4 atom stereocenters. The first-order valence-corrected chi connectivity index (χ1v) is 12.2. The van der Waals surface area contributed by atoms with E-state index in [0.29, 0.717) is 22.0 Å². The minimum Gasteiger partial charge on any atom is -0.483 e. The molecule has 36 heavy (non-hydrogen) atoms. The molecule has 1 saturated carbocycles. The van der Waals surface area contributed by atoms with Gasteiger partial charge in [-0.2, -0.15) is 10.1 Å². The van der Waals surface area contributed by atoms with Gasteiger partial charge >= 0.3 is 0 Å². The lowest BCUT2D eigenvalue weighted by atomic mass is 9.85. The molecule has 0 unspecified atom stereocenters. The number of carbonyl (C=O) groups excluding carboxylic acids is 3. The predicted octanol–water partition coefficient (Wildman–Crippen LogP) is 4.65. The molecular weight excluding hydrogens is 478 g/mol. The molecule has 0 radical (unpaired) electrons. The molecule has 1 N–H and O–H groups in total. The maximum atomic E-state index is 13.0. The monoisotopic (exact) mass is 499 g/mol. The lowest BCUT2D eigenvalue weighted by Gasteiger charge is -2.14. The number of ether oxygens (including phenoxy) is 1. The Hall–Kier alpha value is -3.97. The summed E-state index contributed by atoms with van der Waals surface area (Å²) < 4.78 is 5.86. The second kappa shape index (κ2) is 8.91. The number of fused-ring (bicyclic) bond motifs is 6. The van der Waals surface area contributed by atoms with E-state index in [-0.39, 0.29) is 48.0 Å². The lowest BCUT2D eigenvalue weighted by molar-refractivity contribution is -0.140. The van der Waals surface area contributed by atoms with E-state index in [2.05, 4.69) is 22.6 Å². The number of benzene rings is 3. The number of nitrogens with one attached hydrogen (secondary N) is 1. The highest BCUT2D eigenvalue weighted by Crippen LogP contribution is 2.52. The molecule has 3 aromatic carbocycles. The quantitative estimate of drug-likeness (QED) is 0.304. The van der Waals surface area contributed by atoms with Gasteiger partial charge in [0.25, 0.3) is 17.7 Å². The number of imide groups is 1. The summed E-state index contributed by atoms with van der Waals surface area (Å²) in [6.07, 6.45) is 6.45. The highest BCUT2D eigenvalue weighted by atomic mass is 35.5. The second-order valence-corrected chi connectivity index (χ2v) is 9.71. The Kier molecular flexibility index (Phi) is 5.57. The van der Waals surface area contributed by atoms with Crippen LogP contribution in [-0.4, -0.2) is 35.6 Å². The van der Waals surface area contributed by atoms with Crippen LogP contribution in [0.4, 0.5) is 5.69 Å². The van der Waals surface area contributed by atoms with Crippen LogP contribution in [0.1, 0.15) is 12.0 Å². The van der Waals surface area contributed by atoms with E-state index in [1.165, 1.54) is 6.21 Å². The van der Waals surface area contributed by atoms with Crippen LogP contribution in [0.5, 0.6) is 5.75 Å². The molecule has 2 aliphatic carbocycles. The molecule has 8 heteroatoms. The second-order valence-electron chi connectivity index (χ2n) is 9.27. The molecule has 1 aliphatic heterocycles. The SMILES string of the molecule is O=C(COc1ccc2ccccc2c1C=NN1C(=O)[C@@H]2[C@H](C1=O)[C@H]1C=C[C@H]2C1)Nc1ccc(Cl)cc1. The first-order valence-electron chi connectivity index (χ1n) is 11.8. The number of hydrogen-bond acceptors (Lipinski definition) is 5. The number of anilines is 1. The van der Waals surface area contributed by atoms with Gasteiger partial charge in [0.05, 0.1) is 18.1 Å². The van der Waals surface area contributed by atoms with Crippen molar-refractivity contribution in [3.8, 4) is 5.75 Å². The van der Waals surface area contributed by atoms with E-state index in [1.54, 1.807) is 30.3 Å². The van der Waals surface area contributed by atoms with Crippen molar-refractivity contribution in [2.24, 2.45) is 28.8 Å². The number of nitrogens with zero attached hydrogens (tertiary/aromatic N) is 2. The Morgan fingerprint density at radius 1 is 1.00 bits per heavy atom. The Bertz CT molecular complexity index is 1420. The minimum absolute atomic E-state index is 0.118. The van der Waals surface area contributed by atoms with E-state index in [4.69, 9.17) is 16.3 Å².